The van der Waals surface area contributed by atoms with Crippen LogP contribution >= 0.6 is 23.2 Å². The molecule has 41 heavy (non-hydrogen) atoms. The molecule has 3 aromatic rings. The van der Waals surface area contributed by atoms with Crippen LogP contribution in [-0.2, 0) is 6.42 Å². The van der Waals surface area contributed by atoms with E-state index in [2.05, 4.69) is 44.3 Å². The van der Waals surface area contributed by atoms with Gasteiger partial charge in [-0.1, -0.05) is 49.2 Å². The summed E-state index contributed by atoms with van der Waals surface area (Å²) in [7, 11) is 0. The van der Waals surface area contributed by atoms with Crippen LogP contribution in [0.3, 0.4) is 0 Å². The van der Waals surface area contributed by atoms with Crippen LogP contribution in [-0.4, -0.2) is 52.1 Å². The number of anilines is 2. The van der Waals surface area contributed by atoms with Crippen LogP contribution in [0.5, 0.6) is 5.75 Å². The summed E-state index contributed by atoms with van der Waals surface area (Å²) >= 11 is 12.5. The largest absolute Gasteiger partial charge is 0.507 e. The summed E-state index contributed by atoms with van der Waals surface area (Å²) in [5.74, 6) is 2.84. The first-order valence-corrected chi connectivity index (χ1v) is 15.1. The molecule has 0 unspecified atom stereocenters. The van der Waals surface area contributed by atoms with E-state index in [1.54, 1.807) is 30.6 Å². The highest BCUT2D eigenvalue weighted by atomic mass is 35.5. The van der Waals surface area contributed by atoms with Crippen LogP contribution < -0.4 is 15.5 Å². The molecule has 0 radical (unpaired) electrons. The Morgan fingerprint density at radius 2 is 1.83 bits per heavy atom. The first-order chi connectivity index (χ1) is 19.7. The molecule has 0 bridgehead atoms. The van der Waals surface area contributed by atoms with Gasteiger partial charge >= 0.3 is 0 Å². The normalized spacial score (nSPS) is 19.2. The number of phenols is 1. The molecule has 218 valence electrons. The highest BCUT2D eigenvalue weighted by Crippen LogP contribution is 2.49. The number of halogens is 2. The van der Waals surface area contributed by atoms with Crippen molar-refractivity contribution in [3.05, 3.63) is 70.2 Å². The van der Waals surface area contributed by atoms with Crippen LogP contribution in [0.4, 0.5) is 11.6 Å². The van der Waals surface area contributed by atoms with E-state index < -0.39 is 0 Å². The van der Waals surface area contributed by atoms with Crippen molar-refractivity contribution in [1.29, 1.82) is 0 Å². The molecule has 1 aliphatic heterocycles. The maximum Gasteiger partial charge on any atom is 0.255 e. The quantitative estimate of drug-likeness (QED) is 0.241. The summed E-state index contributed by atoms with van der Waals surface area (Å²) in [6.07, 6.45) is 10.6. The van der Waals surface area contributed by atoms with Gasteiger partial charge in [-0.2, -0.15) is 0 Å². The number of hydrogen-bond acceptors (Lipinski definition) is 7. The van der Waals surface area contributed by atoms with Gasteiger partial charge in [-0.25, -0.2) is 9.97 Å². The first kappa shape index (κ1) is 29.4. The van der Waals surface area contributed by atoms with E-state index in [1.807, 2.05) is 12.3 Å². The number of aromatic hydroxyl groups is 1. The zero-order valence-electron chi connectivity index (χ0n) is 23.6. The number of nitrogens with zero attached hydrogens (tertiary/aromatic N) is 4. The Balaban J connectivity index is 1.02. The average molecular weight is 598 g/mol. The predicted octanol–water partition coefficient (Wildman–Crippen LogP) is 6.24. The van der Waals surface area contributed by atoms with Crippen molar-refractivity contribution in [2.24, 2.45) is 23.2 Å². The van der Waals surface area contributed by atoms with Gasteiger partial charge in [0.15, 0.2) is 0 Å². The maximum absolute atomic E-state index is 12.5. The Morgan fingerprint density at radius 1 is 1.10 bits per heavy atom. The molecular formula is C31H38Cl2N6O2. The lowest BCUT2D eigenvalue weighted by Gasteiger charge is -2.32. The molecule has 8 nitrogen and oxygen atoms in total. The topological polar surface area (TPSA) is 103 Å². The minimum Gasteiger partial charge on any atom is -0.507 e. The van der Waals surface area contributed by atoms with Crippen LogP contribution in [0, 0.1) is 23.2 Å². The standard InChI is InChI=1S/C31H38Cl2N6O2/c1-31(2,19-38-29(41)24-5-3-4-6-28(24)40)15-27-26(33)14-23(18-35-27)34-10-7-21-13-25(21)20-8-11-39(12-9-20)30-36-16-22(32)17-37-30/h3-6,14,16-18,20-21,25,34,40H,7-13,15,19H2,1-2H3,(H,38,41)/t21-,25-/m1/s1. The summed E-state index contributed by atoms with van der Waals surface area (Å²) in [5.41, 5.74) is 1.72. The smallest absolute Gasteiger partial charge is 0.255 e. The number of carbonyl (C=O) groups excluding carboxylic acids is 1. The van der Waals surface area contributed by atoms with Gasteiger partial charge in [-0.05, 0) is 73.5 Å². The fourth-order valence-electron chi connectivity index (χ4n) is 5.87. The number of amides is 1. The summed E-state index contributed by atoms with van der Waals surface area (Å²) in [6, 6.07) is 8.47. The fourth-order valence-corrected chi connectivity index (χ4v) is 6.20. The van der Waals surface area contributed by atoms with Gasteiger partial charge < -0.3 is 20.6 Å². The monoisotopic (exact) mass is 596 g/mol. The number of carbonyl (C=O) groups is 1. The molecule has 5 rings (SSSR count). The molecule has 1 saturated carbocycles. The Morgan fingerprint density at radius 3 is 2.54 bits per heavy atom. The lowest BCUT2D eigenvalue weighted by molar-refractivity contribution is 0.0933. The van der Waals surface area contributed by atoms with Gasteiger partial charge in [0.05, 0.1) is 45.6 Å². The number of benzene rings is 1. The first-order valence-electron chi connectivity index (χ1n) is 14.4. The van der Waals surface area contributed by atoms with Crippen molar-refractivity contribution in [2.45, 2.75) is 46.0 Å². The maximum atomic E-state index is 12.5. The molecule has 1 amide bonds. The number of pyridine rings is 1. The van der Waals surface area contributed by atoms with E-state index in [-0.39, 0.29) is 22.6 Å². The van der Waals surface area contributed by atoms with Crippen molar-refractivity contribution in [3.63, 3.8) is 0 Å². The van der Waals surface area contributed by atoms with Crippen molar-refractivity contribution < 1.29 is 9.90 Å². The zero-order valence-corrected chi connectivity index (χ0v) is 25.1. The molecule has 2 aliphatic rings. The zero-order chi connectivity index (χ0) is 29.0. The molecule has 2 fully saturated rings. The molecule has 2 atom stereocenters. The predicted molar refractivity (Wildman–Crippen MR) is 164 cm³/mol. The Kier molecular flexibility index (Phi) is 9.19. The molecule has 0 spiro atoms. The van der Waals surface area contributed by atoms with Gasteiger partial charge in [0.2, 0.25) is 5.95 Å². The van der Waals surface area contributed by atoms with Crippen molar-refractivity contribution in [1.82, 2.24) is 20.3 Å². The highest BCUT2D eigenvalue weighted by Gasteiger charge is 2.43. The van der Waals surface area contributed by atoms with Crippen LogP contribution in [0.1, 0.15) is 55.6 Å². The van der Waals surface area contributed by atoms with E-state index in [1.165, 1.54) is 25.3 Å². The Hall–Kier alpha value is -3.10. The second kappa shape index (κ2) is 12.8. The summed E-state index contributed by atoms with van der Waals surface area (Å²) in [4.78, 5) is 28.1. The third-order valence-corrected chi connectivity index (χ3v) is 8.82. The van der Waals surface area contributed by atoms with Gasteiger partial charge in [-0.3, -0.25) is 9.78 Å². The SMILES string of the molecule is CC(C)(CNC(=O)c1ccccc1O)Cc1ncc(NCC[C@@H]2C[C@@H]2C2CCN(c3ncc(Cl)cn3)CC2)cc1Cl. The van der Waals surface area contributed by atoms with E-state index in [4.69, 9.17) is 23.2 Å². The molecule has 3 N–H and O–H groups in total. The number of nitrogens with one attached hydrogen (secondary N) is 2. The van der Waals surface area contributed by atoms with Crippen LogP contribution in [0.25, 0.3) is 0 Å². The minimum absolute atomic E-state index is 0.0288. The highest BCUT2D eigenvalue weighted by molar-refractivity contribution is 6.31. The molecule has 10 heteroatoms. The van der Waals surface area contributed by atoms with Crippen molar-refractivity contribution >= 4 is 40.7 Å². The second-order valence-electron chi connectivity index (χ2n) is 12.1. The Labute approximate surface area is 251 Å². The van der Waals surface area contributed by atoms with Gasteiger partial charge in [-0.15, -0.1) is 0 Å². The number of phenolic OH excluding ortho intramolecular Hbond substituents is 1. The number of hydrogen-bond donors (Lipinski definition) is 3. The van der Waals surface area contributed by atoms with Gasteiger partial charge in [0.25, 0.3) is 5.91 Å². The molecule has 1 saturated heterocycles. The van der Waals surface area contributed by atoms with Crippen LogP contribution in [0.15, 0.2) is 48.9 Å². The number of piperidine rings is 1. The molecule has 1 aliphatic carbocycles. The third-order valence-electron chi connectivity index (χ3n) is 8.30. The summed E-state index contributed by atoms with van der Waals surface area (Å²) in [6.45, 7) is 7.45. The average Bonchev–Trinajstić information content (AvgIpc) is 3.73. The van der Waals surface area contributed by atoms with E-state index in [0.29, 0.717) is 23.0 Å². The number of aromatic nitrogens is 3. The van der Waals surface area contributed by atoms with Gasteiger partial charge in [0.1, 0.15) is 5.75 Å². The molecular weight excluding hydrogens is 559 g/mol. The van der Waals surface area contributed by atoms with E-state index >= 15 is 0 Å². The second-order valence-corrected chi connectivity index (χ2v) is 12.9. The lowest BCUT2D eigenvalue weighted by Crippen LogP contribution is -2.35. The molecule has 3 heterocycles. The van der Waals surface area contributed by atoms with E-state index in [9.17, 15) is 9.90 Å². The number of rotatable bonds is 11. The summed E-state index contributed by atoms with van der Waals surface area (Å²) in [5, 5.41) is 17.5. The fraction of sp³-hybridized carbons (Fsp3) is 0.484. The molecule has 1 aromatic carbocycles. The van der Waals surface area contributed by atoms with Crippen molar-refractivity contribution in [3.8, 4) is 5.75 Å². The van der Waals surface area contributed by atoms with Crippen LogP contribution in [0.2, 0.25) is 10.0 Å². The van der Waals surface area contributed by atoms with Gasteiger partial charge in [0, 0.05) is 26.2 Å². The number of para-hydroxylation sites is 1. The third kappa shape index (κ3) is 7.80. The lowest BCUT2D eigenvalue weighted by atomic mass is 9.87. The molecule has 2 aromatic heterocycles. The van der Waals surface area contributed by atoms with Crippen molar-refractivity contribution in [2.75, 3.05) is 36.4 Å². The minimum atomic E-state index is -0.300. The Bertz CT molecular complexity index is 1340. The van der Waals surface area contributed by atoms with E-state index in [0.717, 1.165) is 61.1 Å². The summed E-state index contributed by atoms with van der Waals surface area (Å²) < 4.78 is 0.